The summed E-state index contributed by atoms with van der Waals surface area (Å²) in [7, 11) is 0. The second-order valence-corrected chi connectivity index (χ2v) is 6.62. The Bertz CT molecular complexity index is 336. The topological polar surface area (TPSA) is 39.1 Å². The van der Waals surface area contributed by atoms with Crippen LogP contribution in [0.2, 0.25) is 0 Å². The van der Waals surface area contributed by atoms with Crippen molar-refractivity contribution in [1.82, 2.24) is 10.2 Å². The molecule has 0 aromatic rings. The second-order valence-electron chi connectivity index (χ2n) is 6.62. The summed E-state index contributed by atoms with van der Waals surface area (Å²) in [5, 5.41) is 12.9. The van der Waals surface area contributed by atoms with Crippen molar-refractivity contribution in [3.8, 4) is 6.07 Å². The number of fused-ring (bicyclic) bond motifs is 1. The Kier molecular flexibility index (Phi) is 5.86. The lowest BCUT2D eigenvalue weighted by Crippen LogP contribution is -2.46. The Morgan fingerprint density at radius 1 is 1.25 bits per heavy atom. The molecule has 0 radical (unpaired) electrons. The van der Waals surface area contributed by atoms with E-state index in [9.17, 15) is 5.26 Å². The van der Waals surface area contributed by atoms with Gasteiger partial charge in [0.1, 0.15) is 5.54 Å². The third kappa shape index (κ3) is 3.54. The molecule has 0 aromatic heterocycles. The molecule has 3 unspecified atom stereocenters. The van der Waals surface area contributed by atoms with Crippen molar-refractivity contribution in [2.45, 2.75) is 76.8 Å². The fourth-order valence-corrected chi connectivity index (χ4v) is 4.32. The van der Waals surface area contributed by atoms with Crippen LogP contribution < -0.4 is 5.32 Å². The number of likely N-dealkylation sites (tertiary alicyclic amines) is 1. The summed E-state index contributed by atoms with van der Waals surface area (Å²) in [5.74, 6) is 0.976. The van der Waals surface area contributed by atoms with Crippen molar-refractivity contribution in [2.24, 2.45) is 5.92 Å². The van der Waals surface area contributed by atoms with E-state index in [2.05, 4.69) is 30.1 Å². The Labute approximate surface area is 124 Å². The SMILES string of the molecule is CCNC(C#N)(CC)CCCN1CCCC2CCCC21. The van der Waals surface area contributed by atoms with Gasteiger partial charge in [-0.15, -0.1) is 0 Å². The maximum Gasteiger partial charge on any atom is 0.106 e. The highest BCUT2D eigenvalue weighted by Gasteiger charge is 2.35. The minimum Gasteiger partial charge on any atom is -0.300 e. The summed E-state index contributed by atoms with van der Waals surface area (Å²) in [6.07, 6.45) is 10.2. The predicted molar refractivity (Wildman–Crippen MR) is 83.5 cm³/mol. The fourth-order valence-electron chi connectivity index (χ4n) is 4.32. The first-order valence-electron chi connectivity index (χ1n) is 8.65. The molecule has 1 saturated heterocycles. The zero-order valence-electron chi connectivity index (χ0n) is 13.3. The van der Waals surface area contributed by atoms with Crippen molar-refractivity contribution in [3.05, 3.63) is 0 Å². The molecule has 1 aliphatic carbocycles. The van der Waals surface area contributed by atoms with E-state index in [0.717, 1.165) is 37.8 Å². The van der Waals surface area contributed by atoms with Crippen LogP contribution in [0.15, 0.2) is 0 Å². The van der Waals surface area contributed by atoms with Gasteiger partial charge in [0.05, 0.1) is 6.07 Å². The van der Waals surface area contributed by atoms with Gasteiger partial charge in [-0.2, -0.15) is 5.26 Å². The molecule has 0 amide bonds. The monoisotopic (exact) mass is 277 g/mol. The fraction of sp³-hybridized carbons (Fsp3) is 0.941. The van der Waals surface area contributed by atoms with E-state index in [-0.39, 0.29) is 5.54 Å². The standard InChI is InChI=1S/C17H31N3/c1-3-17(14-18,19-4-2)11-7-13-20-12-6-9-15-8-5-10-16(15)20/h15-16,19H,3-13H2,1-2H3. The minimum atomic E-state index is -0.292. The molecule has 3 atom stereocenters. The Hall–Kier alpha value is -0.590. The Balaban J connectivity index is 1.81. The summed E-state index contributed by atoms with van der Waals surface area (Å²) in [6.45, 7) is 7.58. The zero-order chi connectivity index (χ0) is 14.4. The van der Waals surface area contributed by atoms with Gasteiger partial charge >= 0.3 is 0 Å². The van der Waals surface area contributed by atoms with E-state index >= 15 is 0 Å². The normalized spacial score (nSPS) is 29.6. The third-order valence-corrected chi connectivity index (χ3v) is 5.49. The maximum atomic E-state index is 9.47. The van der Waals surface area contributed by atoms with Crippen LogP contribution in [0.3, 0.4) is 0 Å². The lowest BCUT2D eigenvalue weighted by molar-refractivity contribution is 0.109. The summed E-state index contributed by atoms with van der Waals surface area (Å²) < 4.78 is 0. The van der Waals surface area contributed by atoms with Crippen LogP contribution in [0.4, 0.5) is 0 Å². The number of piperidine rings is 1. The van der Waals surface area contributed by atoms with E-state index in [0.29, 0.717) is 0 Å². The maximum absolute atomic E-state index is 9.47. The molecular weight excluding hydrogens is 246 g/mol. The molecule has 1 saturated carbocycles. The van der Waals surface area contributed by atoms with Gasteiger partial charge in [0.2, 0.25) is 0 Å². The van der Waals surface area contributed by atoms with Gasteiger partial charge in [0, 0.05) is 6.04 Å². The highest BCUT2D eigenvalue weighted by molar-refractivity contribution is 5.06. The highest BCUT2D eigenvalue weighted by atomic mass is 15.2. The molecule has 0 spiro atoms. The first-order chi connectivity index (χ1) is 9.74. The third-order valence-electron chi connectivity index (χ3n) is 5.49. The molecule has 114 valence electrons. The smallest absolute Gasteiger partial charge is 0.106 e. The van der Waals surface area contributed by atoms with Gasteiger partial charge in [0.25, 0.3) is 0 Å². The van der Waals surface area contributed by atoms with Crippen LogP contribution in [0.1, 0.15) is 65.2 Å². The van der Waals surface area contributed by atoms with Crippen LogP contribution in [0, 0.1) is 17.2 Å². The summed E-state index contributed by atoms with van der Waals surface area (Å²) >= 11 is 0. The number of nitrogens with zero attached hydrogens (tertiary/aromatic N) is 2. The summed E-state index contributed by atoms with van der Waals surface area (Å²) in [4.78, 5) is 2.73. The van der Waals surface area contributed by atoms with Gasteiger partial charge in [-0.1, -0.05) is 20.3 Å². The number of nitriles is 1. The summed E-state index contributed by atoms with van der Waals surface area (Å²) in [6, 6.07) is 3.38. The molecule has 3 nitrogen and oxygen atoms in total. The lowest BCUT2D eigenvalue weighted by Gasteiger charge is -2.38. The van der Waals surface area contributed by atoms with Gasteiger partial charge in [-0.3, -0.25) is 5.32 Å². The molecule has 2 aliphatic rings. The molecule has 2 fully saturated rings. The quantitative estimate of drug-likeness (QED) is 0.776. The van der Waals surface area contributed by atoms with Crippen LogP contribution in [-0.4, -0.2) is 36.1 Å². The molecular formula is C17H31N3. The van der Waals surface area contributed by atoms with E-state index in [1.807, 2.05) is 0 Å². The van der Waals surface area contributed by atoms with Gasteiger partial charge < -0.3 is 4.90 Å². The molecule has 20 heavy (non-hydrogen) atoms. The van der Waals surface area contributed by atoms with Crippen LogP contribution in [0.25, 0.3) is 0 Å². The average molecular weight is 277 g/mol. The van der Waals surface area contributed by atoms with E-state index in [4.69, 9.17) is 0 Å². The van der Waals surface area contributed by atoms with Crippen molar-refractivity contribution in [2.75, 3.05) is 19.6 Å². The lowest BCUT2D eigenvalue weighted by atomic mass is 9.89. The van der Waals surface area contributed by atoms with Crippen LogP contribution in [0.5, 0.6) is 0 Å². The molecule has 3 heteroatoms. The van der Waals surface area contributed by atoms with E-state index < -0.39 is 0 Å². The number of nitrogens with one attached hydrogen (secondary N) is 1. The van der Waals surface area contributed by atoms with Crippen LogP contribution in [-0.2, 0) is 0 Å². The average Bonchev–Trinajstić information content (AvgIpc) is 2.95. The second kappa shape index (κ2) is 7.43. The van der Waals surface area contributed by atoms with Gasteiger partial charge in [-0.05, 0) is 70.5 Å². The molecule has 1 heterocycles. The Morgan fingerprint density at radius 2 is 2.05 bits per heavy atom. The van der Waals surface area contributed by atoms with Crippen molar-refractivity contribution < 1.29 is 0 Å². The van der Waals surface area contributed by atoms with Gasteiger partial charge in [0.15, 0.2) is 0 Å². The molecule has 1 aliphatic heterocycles. The van der Waals surface area contributed by atoms with Crippen molar-refractivity contribution >= 4 is 0 Å². The summed E-state index contributed by atoms with van der Waals surface area (Å²) in [5.41, 5.74) is -0.292. The predicted octanol–water partition coefficient (Wildman–Crippen LogP) is 3.31. The molecule has 1 N–H and O–H groups in total. The van der Waals surface area contributed by atoms with Gasteiger partial charge in [-0.25, -0.2) is 0 Å². The van der Waals surface area contributed by atoms with E-state index in [1.165, 1.54) is 45.2 Å². The molecule has 2 rings (SSSR count). The van der Waals surface area contributed by atoms with Crippen molar-refractivity contribution in [3.63, 3.8) is 0 Å². The molecule has 0 bridgehead atoms. The highest BCUT2D eigenvalue weighted by Crippen LogP contribution is 2.36. The Morgan fingerprint density at radius 3 is 2.75 bits per heavy atom. The van der Waals surface area contributed by atoms with Crippen LogP contribution >= 0.6 is 0 Å². The largest absolute Gasteiger partial charge is 0.300 e. The van der Waals surface area contributed by atoms with Crippen molar-refractivity contribution in [1.29, 1.82) is 5.26 Å². The number of hydrogen-bond donors (Lipinski definition) is 1. The number of rotatable bonds is 7. The zero-order valence-corrected chi connectivity index (χ0v) is 13.3. The number of hydrogen-bond acceptors (Lipinski definition) is 3. The first-order valence-corrected chi connectivity index (χ1v) is 8.65. The molecule has 0 aromatic carbocycles. The minimum absolute atomic E-state index is 0.292. The van der Waals surface area contributed by atoms with E-state index in [1.54, 1.807) is 0 Å². The first kappa shape index (κ1) is 15.8.